The molecule has 0 heterocycles. The number of ether oxygens (including phenoxy) is 1. The molecule has 0 aromatic rings. The fourth-order valence-corrected chi connectivity index (χ4v) is 3.93. The Bertz CT molecular complexity index is 286. The highest BCUT2D eigenvalue weighted by atomic mass is 16.5. The van der Waals surface area contributed by atoms with Gasteiger partial charge in [-0.05, 0) is 63.2 Å². The predicted molar refractivity (Wildman–Crippen MR) is 83.9 cm³/mol. The van der Waals surface area contributed by atoms with Crippen LogP contribution in [0, 0.1) is 11.8 Å². The van der Waals surface area contributed by atoms with Gasteiger partial charge in [0.25, 0.3) is 0 Å². The van der Waals surface area contributed by atoms with Crippen LogP contribution >= 0.6 is 0 Å². The van der Waals surface area contributed by atoms with Gasteiger partial charge in [0.1, 0.15) is 0 Å². The molecule has 3 rings (SSSR count). The average molecular weight is 279 g/mol. The van der Waals surface area contributed by atoms with Gasteiger partial charge in [-0.3, -0.25) is 0 Å². The maximum Gasteiger partial charge on any atom is 0.0806 e. The summed E-state index contributed by atoms with van der Waals surface area (Å²) in [5.74, 6) is 1.75. The molecule has 20 heavy (non-hydrogen) atoms. The first-order valence-electron chi connectivity index (χ1n) is 9.13. The highest BCUT2D eigenvalue weighted by Crippen LogP contribution is 2.36. The molecule has 0 radical (unpaired) electrons. The van der Waals surface area contributed by atoms with Crippen molar-refractivity contribution < 1.29 is 4.74 Å². The van der Waals surface area contributed by atoms with Crippen LogP contribution in [0.25, 0.3) is 0 Å². The molecule has 0 saturated heterocycles. The molecule has 0 aromatic carbocycles. The van der Waals surface area contributed by atoms with Gasteiger partial charge in [0, 0.05) is 12.6 Å². The van der Waals surface area contributed by atoms with Crippen LogP contribution in [-0.4, -0.2) is 24.8 Å². The third kappa shape index (κ3) is 4.21. The lowest BCUT2D eigenvalue weighted by Crippen LogP contribution is -2.47. The average Bonchev–Trinajstić information content (AvgIpc) is 3.31. The first kappa shape index (κ1) is 14.8. The van der Waals surface area contributed by atoms with Crippen LogP contribution in [0.15, 0.2) is 0 Å². The second-order valence-corrected chi connectivity index (χ2v) is 7.84. The van der Waals surface area contributed by atoms with Gasteiger partial charge in [-0.1, -0.05) is 26.2 Å². The molecule has 2 heteroatoms. The SMILES string of the molecule is CC1CCC(CNC2CC2)(OCC2CCCCC2)CC1. The Labute approximate surface area is 125 Å². The molecule has 0 spiro atoms. The summed E-state index contributed by atoms with van der Waals surface area (Å²) in [6.45, 7) is 4.54. The largest absolute Gasteiger partial charge is 0.373 e. The number of hydrogen-bond acceptors (Lipinski definition) is 2. The number of rotatable bonds is 6. The van der Waals surface area contributed by atoms with Crippen molar-refractivity contribution in [3.05, 3.63) is 0 Å². The first-order chi connectivity index (χ1) is 9.76. The highest BCUT2D eigenvalue weighted by Gasteiger charge is 2.37. The van der Waals surface area contributed by atoms with Gasteiger partial charge in [-0.15, -0.1) is 0 Å². The molecule has 0 amide bonds. The molecule has 0 aliphatic heterocycles. The summed E-state index contributed by atoms with van der Waals surface area (Å²) >= 11 is 0. The first-order valence-corrected chi connectivity index (χ1v) is 9.13. The molecule has 0 atom stereocenters. The van der Waals surface area contributed by atoms with Gasteiger partial charge >= 0.3 is 0 Å². The summed E-state index contributed by atoms with van der Waals surface area (Å²) in [5, 5.41) is 3.74. The van der Waals surface area contributed by atoms with E-state index in [4.69, 9.17) is 4.74 Å². The van der Waals surface area contributed by atoms with Crippen LogP contribution in [0.4, 0.5) is 0 Å². The normalized spacial score (nSPS) is 36.1. The molecule has 3 aliphatic carbocycles. The third-order valence-electron chi connectivity index (χ3n) is 5.83. The predicted octanol–water partition coefficient (Wildman–Crippen LogP) is 4.28. The van der Waals surface area contributed by atoms with Gasteiger partial charge in [-0.2, -0.15) is 0 Å². The van der Waals surface area contributed by atoms with E-state index >= 15 is 0 Å². The fraction of sp³-hybridized carbons (Fsp3) is 1.00. The van der Waals surface area contributed by atoms with E-state index in [1.54, 1.807) is 0 Å². The quantitative estimate of drug-likeness (QED) is 0.783. The summed E-state index contributed by atoms with van der Waals surface area (Å²) in [6, 6.07) is 0.810. The maximum atomic E-state index is 6.57. The Morgan fingerprint density at radius 1 is 0.950 bits per heavy atom. The fourth-order valence-electron chi connectivity index (χ4n) is 3.93. The molecule has 1 N–H and O–H groups in total. The number of hydrogen-bond donors (Lipinski definition) is 1. The van der Waals surface area contributed by atoms with E-state index in [9.17, 15) is 0 Å². The molecule has 3 saturated carbocycles. The number of nitrogens with one attached hydrogen (secondary N) is 1. The Kier molecular flexibility index (Phi) is 5.04. The molecule has 0 bridgehead atoms. The van der Waals surface area contributed by atoms with Crippen molar-refractivity contribution in [2.75, 3.05) is 13.2 Å². The summed E-state index contributed by atoms with van der Waals surface area (Å²) < 4.78 is 6.57. The van der Waals surface area contributed by atoms with E-state index < -0.39 is 0 Å². The van der Waals surface area contributed by atoms with E-state index in [1.165, 1.54) is 70.6 Å². The van der Waals surface area contributed by atoms with Crippen molar-refractivity contribution in [3.63, 3.8) is 0 Å². The smallest absolute Gasteiger partial charge is 0.0806 e. The molecule has 3 aliphatic rings. The van der Waals surface area contributed by atoms with Crippen LogP contribution < -0.4 is 5.32 Å². The Morgan fingerprint density at radius 2 is 1.65 bits per heavy atom. The zero-order valence-corrected chi connectivity index (χ0v) is 13.3. The lowest BCUT2D eigenvalue weighted by atomic mass is 9.79. The van der Waals surface area contributed by atoms with Gasteiger partial charge < -0.3 is 10.1 Å². The minimum Gasteiger partial charge on any atom is -0.373 e. The van der Waals surface area contributed by atoms with Crippen LogP contribution in [0.5, 0.6) is 0 Å². The molecule has 2 nitrogen and oxygen atoms in total. The van der Waals surface area contributed by atoms with Crippen LogP contribution in [0.2, 0.25) is 0 Å². The molecule has 3 fully saturated rings. The Balaban J connectivity index is 1.50. The van der Waals surface area contributed by atoms with Crippen molar-refractivity contribution in [1.82, 2.24) is 5.32 Å². The van der Waals surface area contributed by atoms with E-state index in [0.717, 1.165) is 31.0 Å². The van der Waals surface area contributed by atoms with E-state index in [-0.39, 0.29) is 5.60 Å². The Hall–Kier alpha value is -0.0800. The van der Waals surface area contributed by atoms with Gasteiger partial charge in [0.05, 0.1) is 12.2 Å². The van der Waals surface area contributed by atoms with Crippen molar-refractivity contribution in [1.29, 1.82) is 0 Å². The van der Waals surface area contributed by atoms with Crippen molar-refractivity contribution in [2.45, 2.75) is 89.2 Å². The highest BCUT2D eigenvalue weighted by molar-refractivity contribution is 4.92. The molecular weight excluding hydrogens is 246 g/mol. The van der Waals surface area contributed by atoms with E-state index in [0.29, 0.717) is 0 Å². The third-order valence-corrected chi connectivity index (χ3v) is 5.83. The zero-order chi connectivity index (χ0) is 13.8. The summed E-state index contributed by atoms with van der Waals surface area (Å²) in [4.78, 5) is 0. The van der Waals surface area contributed by atoms with E-state index in [2.05, 4.69) is 12.2 Å². The van der Waals surface area contributed by atoms with Gasteiger partial charge in [-0.25, -0.2) is 0 Å². The molecular formula is C18H33NO. The van der Waals surface area contributed by atoms with Crippen molar-refractivity contribution in [2.24, 2.45) is 11.8 Å². The van der Waals surface area contributed by atoms with E-state index in [1.807, 2.05) is 0 Å². The second-order valence-electron chi connectivity index (χ2n) is 7.84. The van der Waals surface area contributed by atoms with Crippen LogP contribution in [-0.2, 0) is 4.74 Å². The van der Waals surface area contributed by atoms with Gasteiger partial charge in [0.2, 0.25) is 0 Å². The summed E-state index contributed by atoms with van der Waals surface area (Å²) in [5.41, 5.74) is 0.173. The van der Waals surface area contributed by atoms with Gasteiger partial charge in [0.15, 0.2) is 0 Å². The lowest BCUT2D eigenvalue weighted by Gasteiger charge is -2.41. The minimum absolute atomic E-state index is 0.173. The minimum atomic E-state index is 0.173. The maximum absolute atomic E-state index is 6.57. The Morgan fingerprint density at radius 3 is 2.30 bits per heavy atom. The molecule has 0 unspecified atom stereocenters. The van der Waals surface area contributed by atoms with Crippen molar-refractivity contribution in [3.8, 4) is 0 Å². The summed E-state index contributed by atoms with van der Waals surface area (Å²) in [6.07, 6.45) is 15.2. The molecule has 116 valence electrons. The standard InChI is InChI=1S/C18H33NO/c1-15-9-11-18(12-10-15,14-19-17-7-8-17)20-13-16-5-3-2-4-6-16/h15-17,19H,2-14H2,1H3. The second kappa shape index (κ2) is 6.79. The molecule has 0 aromatic heterocycles. The van der Waals surface area contributed by atoms with Crippen LogP contribution in [0.3, 0.4) is 0 Å². The van der Waals surface area contributed by atoms with Crippen molar-refractivity contribution >= 4 is 0 Å². The lowest BCUT2D eigenvalue weighted by molar-refractivity contribution is -0.0910. The zero-order valence-electron chi connectivity index (χ0n) is 13.3. The topological polar surface area (TPSA) is 21.3 Å². The summed E-state index contributed by atoms with van der Waals surface area (Å²) in [7, 11) is 0. The van der Waals surface area contributed by atoms with Crippen LogP contribution in [0.1, 0.15) is 77.6 Å². The monoisotopic (exact) mass is 279 g/mol.